The topological polar surface area (TPSA) is 63.1 Å². The molecule has 2 N–H and O–H groups in total. The van der Waals surface area contributed by atoms with E-state index in [2.05, 4.69) is 17.1 Å². The number of nitrogens with one attached hydrogen (secondary N) is 2. The van der Waals surface area contributed by atoms with Crippen LogP contribution in [0.5, 0.6) is 0 Å². The zero-order valence-electron chi connectivity index (χ0n) is 16.7. The Hall–Kier alpha value is -2.86. The van der Waals surface area contributed by atoms with Crippen LogP contribution < -0.4 is 15.1 Å². The van der Waals surface area contributed by atoms with E-state index in [1.54, 1.807) is 29.2 Å². The van der Waals surface area contributed by atoms with Crippen molar-refractivity contribution in [3.63, 3.8) is 0 Å². The number of anilines is 2. The molecule has 1 aliphatic rings. The van der Waals surface area contributed by atoms with E-state index in [1.807, 2.05) is 25.1 Å². The smallest absolute Gasteiger partial charge is 0.337 e. The van der Waals surface area contributed by atoms with E-state index in [4.69, 9.17) is 4.74 Å². The lowest BCUT2D eigenvalue weighted by molar-refractivity contribution is -0.898. The minimum Gasteiger partial charge on any atom is -0.465 e. The number of hydrogen-bond donors (Lipinski definition) is 2. The number of quaternary nitrogens is 1. The van der Waals surface area contributed by atoms with Crippen molar-refractivity contribution in [3.05, 3.63) is 59.2 Å². The van der Waals surface area contributed by atoms with Crippen LogP contribution in [0.3, 0.4) is 0 Å². The van der Waals surface area contributed by atoms with Gasteiger partial charge in [0.2, 0.25) is 0 Å². The molecule has 6 heteroatoms. The van der Waals surface area contributed by atoms with Crippen molar-refractivity contribution in [1.29, 1.82) is 0 Å². The van der Waals surface area contributed by atoms with Crippen molar-refractivity contribution < 1.29 is 19.2 Å². The molecule has 6 nitrogen and oxygen atoms in total. The number of piperazine rings is 1. The largest absolute Gasteiger partial charge is 0.465 e. The zero-order chi connectivity index (χ0) is 20.1. The average molecular weight is 382 g/mol. The van der Waals surface area contributed by atoms with E-state index in [9.17, 15) is 9.59 Å². The van der Waals surface area contributed by atoms with Gasteiger partial charge in [0.1, 0.15) is 0 Å². The van der Waals surface area contributed by atoms with Gasteiger partial charge in [-0.3, -0.25) is 4.79 Å². The van der Waals surface area contributed by atoms with Crippen LogP contribution in [0.15, 0.2) is 42.5 Å². The number of rotatable bonds is 5. The lowest BCUT2D eigenvalue weighted by atomic mass is 10.1. The summed E-state index contributed by atoms with van der Waals surface area (Å²) in [5, 5.41) is 2.99. The van der Waals surface area contributed by atoms with Gasteiger partial charge >= 0.3 is 5.97 Å². The minimum atomic E-state index is -0.419. The molecular weight excluding hydrogens is 354 g/mol. The van der Waals surface area contributed by atoms with E-state index < -0.39 is 5.97 Å². The van der Waals surface area contributed by atoms with E-state index in [-0.39, 0.29) is 5.91 Å². The van der Waals surface area contributed by atoms with E-state index in [0.29, 0.717) is 16.8 Å². The van der Waals surface area contributed by atoms with Crippen molar-refractivity contribution >= 4 is 23.3 Å². The molecule has 3 rings (SSSR count). The maximum atomic E-state index is 12.8. The van der Waals surface area contributed by atoms with E-state index in [0.717, 1.165) is 44.0 Å². The molecule has 1 saturated heterocycles. The first-order valence-corrected chi connectivity index (χ1v) is 9.70. The van der Waals surface area contributed by atoms with E-state index >= 15 is 0 Å². The van der Waals surface area contributed by atoms with Crippen LogP contribution in [0.4, 0.5) is 11.4 Å². The number of carbonyl (C=O) groups excluding carboxylic acids is 2. The normalized spacial score (nSPS) is 14.6. The van der Waals surface area contributed by atoms with Crippen molar-refractivity contribution in [2.45, 2.75) is 13.8 Å². The fraction of sp³-hybridized carbons (Fsp3) is 0.364. The summed E-state index contributed by atoms with van der Waals surface area (Å²) in [6, 6.07) is 12.8. The molecule has 0 aliphatic carbocycles. The summed E-state index contributed by atoms with van der Waals surface area (Å²) in [5.41, 5.74) is 3.67. The molecule has 0 atom stereocenters. The van der Waals surface area contributed by atoms with Gasteiger partial charge in [-0.25, -0.2) is 4.79 Å². The fourth-order valence-corrected chi connectivity index (χ4v) is 3.47. The number of carbonyl (C=O) groups is 2. The van der Waals surface area contributed by atoms with E-state index in [1.165, 1.54) is 7.11 Å². The molecule has 2 aromatic rings. The minimum absolute atomic E-state index is 0.193. The molecule has 2 aromatic carbocycles. The summed E-state index contributed by atoms with van der Waals surface area (Å²) in [4.78, 5) is 28.6. The summed E-state index contributed by atoms with van der Waals surface area (Å²) < 4.78 is 4.84. The average Bonchev–Trinajstić information content (AvgIpc) is 2.73. The van der Waals surface area contributed by atoms with Crippen LogP contribution in [0.1, 0.15) is 33.2 Å². The highest BCUT2D eigenvalue weighted by Crippen LogP contribution is 2.28. The highest BCUT2D eigenvalue weighted by atomic mass is 16.5. The second-order valence-corrected chi connectivity index (χ2v) is 7.13. The van der Waals surface area contributed by atoms with Crippen LogP contribution in [0.2, 0.25) is 0 Å². The molecule has 0 bridgehead atoms. The Balaban J connectivity index is 1.88. The Kier molecular flexibility index (Phi) is 6.31. The lowest BCUT2D eigenvalue weighted by Crippen LogP contribution is -3.14. The van der Waals surface area contributed by atoms with Crippen molar-refractivity contribution in [1.82, 2.24) is 0 Å². The number of likely N-dealkylation sites (N-methyl/N-ethyl adjacent to an activating group) is 1. The number of hydrogen-bond acceptors (Lipinski definition) is 4. The van der Waals surface area contributed by atoms with Crippen LogP contribution in [0, 0.1) is 6.92 Å². The Morgan fingerprint density at radius 2 is 1.71 bits per heavy atom. The second kappa shape index (κ2) is 8.89. The number of amides is 1. The van der Waals surface area contributed by atoms with Gasteiger partial charge in [-0.1, -0.05) is 17.7 Å². The SMILES string of the molecule is CC[NH+]1CCN(c2ccc(C(=O)OC)cc2NC(=O)c2ccc(C)cc2)CC1. The third kappa shape index (κ3) is 4.51. The molecule has 0 saturated carbocycles. The van der Waals surface area contributed by atoms with Gasteiger partial charge in [0.05, 0.1) is 56.8 Å². The number of methoxy groups -OCH3 is 1. The molecule has 28 heavy (non-hydrogen) atoms. The maximum Gasteiger partial charge on any atom is 0.337 e. The molecule has 0 spiro atoms. The third-order valence-electron chi connectivity index (χ3n) is 5.29. The standard InChI is InChI=1S/C22H27N3O3/c1-4-24-11-13-25(14-12-24)20-10-9-18(22(27)28-3)15-19(20)23-21(26)17-7-5-16(2)6-8-17/h5-10,15H,4,11-14H2,1-3H3,(H,23,26)/p+1. The summed E-state index contributed by atoms with van der Waals surface area (Å²) in [6.07, 6.45) is 0. The van der Waals surface area contributed by atoms with Gasteiger partial charge in [-0.2, -0.15) is 0 Å². The molecule has 1 amide bonds. The maximum absolute atomic E-state index is 12.8. The molecule has 1 heterocycles. The Bertz CT molecular complexity index is 841. The van der Waals surface area contributed by atoms with Gasteiger partial charge < -0.3 is 19.9 Å². The zero-order valence-corrected chi connectivity index (χ0v) is 16.7. The Morgan fingerprint density at radius 3 is 2.32 bits per heavy atom. The van der Waals surface area contributed by atoms with Crippen LogP contribution >= 0.6 is 0 Å². The second-order valence-electron chi connectivity index (χ2n) is 7.13. The van der Waals surface area contributed by atoms with Crippen LogP contribution in [-0.2, 0) is 4.74 Å². The third-order valence-corrected chi connectivity index (χ3v) is 5.29. The number of nitrogens with zero attached hydrogens (tertiary/aromatic N) is 1. The first kappa shape index (κ1) is 19.9. The van der Waals surface area contributed by atoms with Crippen LogP contribution in [0.25, 0.3) is 0 Å². The fourth-order valence-electron chi connectivity index (χ4n) is 3.47. The summed E-state index contributed by atoms with van der Waals surface area (Å²) in [6.45, 7) is 9.23. The van der Waals surface area contributed by atoms with Gasteiger partial charge in [-0.05, 0) is 44.2 Å². The van der Waals surface area contributed by atoms with Gasteiger partial charge in [0.25, 0.3) is 5.91 Å². The predicted octanol–water partition coefficient (Wildman–Crippen LogP) is 1.76. The first-order chi connectivity index (χ1) is 13.5. The molecule has 1 fully saturated rings. The van der Waals surface area contributed by atoms with Crippen molar-refractivity contribution in [2.75, 3.05) is 50.1 Å². The molecule has 1 aliphatic heterocycles. The van der Waals surface area contributed by atoms with Crippen molar-refractivity contribution in [3.8, 4) is 0 Å². The number of esters is 1. The number of aryl methyl sites for hydroxylation is 1. The Labute approximate surface area is 166 Å². The predicted molar refractivity (Wildman–Crippen MR) is 110 cm³/mol. The number of benzene rings is 2. The van der Waals surface area contributed by atoms with Gasteiger partial charge in [0, 0.05) is 5.56 Å². The highest BCUT2D eigenvalue weighted by molar-refractivity contribution is 6.06. The first-order valence-electron chi connectivity index (χ1n) is 9.70. The Morgan fingerprint density at radius 1 is 1.07 bits per heavy atom. The van der Waals surface area contributed by atoms with Crippen LogP contribution in [-0.4, -0.2) is 51.7 Å². The van der Waals surface area contributed by atoms with Gasteiger partial charge in [0.15, 0.2) is 0 Å². The summed E-state index contributed by atoms with van der Waals surface area (Å²) in [7, 11) is 1.35. The quantitative estimate of drug-likeness (QED) is 0.774. The van der Waals surface area contributed by atoms with Gasteiger partial charge in [-0.15, -0.1) is 0 Å². The summed E-state index contributed by atoms with van der Waals surface area (Å²) in [5.74, 6) is -0.612. The lowest BCUT2D eigenvalue weighted by Gasteiger charge is -2.34. The highest BCUT2D eigenvalue weighted by Gasteiger charge is 2.22. The number of ether oxygens (including phenoxy) is 1. The molecule has 0 aromatic heterocycles. The molecule has 0 unspecified atom stereocenters. The van der Waals surface area contributed by atoms with Crippen molar-refractivity contribution in [2.24, 2.45) is 0 Å². The molecule has 0 radical (unpaired) electrons. The summed E-state index contributed by atoms with van der Waals surface area (Å²) >= 11 is 0. The molecular formula is C22H28N3O3+. The molecule has 148 valence electrons. The monoisotopic (exact) mass is 382 g/mol.